The zero-order chi connectivity index (χ0) is 29.0. The van der Waals surface area contributed by atoms with E-state index in [9.17, 15) is 23.1 Å². The summed E-state index contributed by atoms with van der Waals surface area (Å²) in [5.41, 5.74) is 3.68. The number of aliphatic carboxylic acids is 1. The molecule has 2 aliphatic heterocycles. The number of aryl methyl sites for hydroxylation is 1. The Morgan fingerprint density at radius 1 is 1.18 bits per heavy atom. The van der Waals surface area contributed by atoms with E-state index in [4.69, 9.17) is 4.74 Å². The highest BCUT2D eigenvalue weighted by Gasteiger charge is 2.43. The van der Waals surface area contributed by atoms with Crippen molar-refractivity contribution in [2.24, 2.45) is 4.99 Å². The van der Waals surface area contributed by atoms with Gasteiger partial charge in [0.1, 0.15) is 23.9 Å². The first kappa shape index (κ1) is 29.1. The maximum Gasteiger partial charge on any atom is 0.432 e. The zero-order valence-corrected chi connectivity index (χ0v) is 23.2. The summed E-state index contributed by atoms with van der Waals surface area (Å²) in [6, 6.07) is 12.0. The van der Waals surface area contributed by atoms with Crippen LogP contribution >= 0.6 is 0 Å². The van der Waals surface area contributed by atoms with E-state index < -0.39 is 23.4 Å². The SMILES string of the molecule is CC=C(N=C(CC)N1CC=CC(C(=O)O)=C1C(F)(F)F)c1cc(C)ccc1OCc1ccc2c(c1)CCN(C)C2. The van der Waals surface area contributed by atoms with Gasteiger partial charge in [0.2, 0.25) is 0 Å². The minimum absolute atomic E-state index is 0.107. The predicted octanol–water partition coefficient (Wildman–Crippen LogP) is 6.50. The largest absolute Gasteiger partial charge is 0.488 e. The molecule has 0 spiro atoms. The summed E-state index contributed by atoms with van der Waals surface area (Å²) in [6.45, 7) is 7.50. The van der Waals surface area contributed by atoms with Crippen LogP contribution in [0.15, 0.2) is 70.9 Å². The number of benzene rings is 2. The van der Waals surface area contributed by atoms with Crippen LogP contribution in [-0.4, -0.2) is 53.0 Å². The van der Waals surface area contributed by atoms with Gasteiger partial charge in [0.15, 0.2) is 0 Å². The molecule has 9 heteroatoms. The Balaban J connectivity index is 1.65. The number of amidine groups is 1. The lowest BCUT2D eigenvalue weighted by atomic mass is 9.98. The molecule has 0 saturated heterocycles. The molecule has 212 valence electrons. The van der Waals surface area contributed by atoms with Crippen molar-refractivity contribution in [3.8, 4) is 5.75 Å². The zero-order valence-electron chi connectivity index (χ0n) is 23.2. The summed E-state index contributed by atoms with van der Waals surface area (Å²) in [5.74, 6) is -0.971. The Labute approximate surface area is 232 Å². The van der Waals surface area contributed by atoms with Gasteiger partial charge in [-0.05, 0) is 62.2 Å². The minimum atomic E-state index is -4.87. The molecule has 40 heavy (non-hydrogen) atoms. The number of carboxylic acid groups (broad SMARTS) is 1. The van der Waals surface area contributed by atoms with Crippen LogP contribution in [0.25, 0.3) is 5.70 Å². The van der Waals surface area contributed by atoms with Gasteiger partial charge in [0.25, 0.3) is 0 Å². The summed E-state index contributed by atoms with van der Waals surface area (Å²) in [4.78, 5) is 19.5. The van der Waals surface area contributed by atoms with Gasteiger partial charge < -0.3 is 19.6 Å². The summed E-state index contributed by atoms with van der Waals surface area (Å²) < 4.78 is 48.4. The number of ether oxygens (including phenoxy) is 1. The Morgan fingerprint density at radius 3 is 2.62 bits per heavy atom. The second-order valence-corrected chi connectivity index (χ2v) is 10.0. The van der Waals surface area contributed by atoms with Crippen molar-refractivity contribution in [2.45, 2.75) is 52.9 Å². The molecule has 2 aliphatic rings. The number of hydrogen-bond acceptors (Lipinski definition) is 4. The summed E-state index contributed by atoms with van der Waals surface area (Å²) in [5, 5.41) is 9.44. The van der Waals surface area contributed by atoms with E-state index in [1.165, 1.54) is 17.2 Å². The molecule has 0 aliphatic carbocycles. The van der Waals surface area contributed by atoms with Crippen molar-refractivity contribution in [3.63, 3.8) is 0 Å². The molecule has 0 amide bonds. The monoisotopic (exact) mass is 553 g/mol. The number of nitrogens with zero attached hydrogens (tertiary/aromatic N) is 3. The third-order valence-electron chi connectivity index (χ3n) is 7.03. The molecule has 6 nitrogen and oxygen atoms in total. The number of alkyl halides is 3. The first-order chi connectivity index (χ1) is 19.0. The first-order valence-corrected chi connectivity index (χ1v) is 13.3. The number of hydrogen-bond donors (Lipinski definition) is 1. The molecule has 0 atom stereocenters. The fourth-order valence-electron chi connectivity index (χ4n) is 5.02. The van der Waals surface area contributed by atoms with Crippen molar-refractivity contribution in [1.29, 1.82) is 0 Å². The molecule has 4 rings (SSSR count). The third-order valence-corrected chi connectivity index (χ3v) is 7.03. The maximum absolute atomic E-state index is 14.1. The van der Waals surface area contributed by atoms with E-state index in [0.717, 1.165) is 41.6 Å². The van der Waals surface area contributed by atoms with Crippen LogP contribution < -0.4 is 4.74 Å². The van der Waals surface area contributed by atoms with Crippen molar-refractivity contribution < 1.29 is 27.8 Å². The Kier molecular flexibility index (Phi) is 8.83. The minimum Gasteiger partial charge on any atom is -0.488 e. The van der Waals surface area contributed by atoms with Crippen molar-refractivity contribution in [3.05, 3.63) is 93.7 Å². The summed E-state index contributed by atoms with van der Waals surface area (Å²) >= 11 is 0. The van der Waals surface area contributed by atoms with Crippen LogP contribution in [0.2, 0.25) is 0 Å². The van der Waals surface area contributed by atoms with Gasteiger partial charge in [0.05, 0.1) is 11.3 Å². The lowest BCUT2D eigenvalue weighted by Crippen LogP contribution is -2.40. The van der Waals surface area contributed by atoms with Crippen molar-refractivity contribution in [2.75, 3.05) is 20.1 Å². The van der Waals surface area contributed by atoms with Gasteiger partial charge in [-0.1, -0.05) is 48.9 Å². The standard InChI is InChI=1S/C31H34F3N3O3/c1-5-26(35-28(6-2)37-14-7-8-24(30(38)39)29(37)31(32,33)34)25-16-20(3)9-12-27(25)40-19-21-10-11-23-18-36(4)15-13-22(23)17-21/h5,7-12,16-17H,6,13-15,18-19H2,1-4H3,(H,38,39). The van der Waals surface area contributed by atoms with Crippen LogP contribution in [0.1, 0.15) is 48.1 Å². The van der Waals surface area contributed by atoms with Gasteiger partial charge >= 0.3 is 12.1 Å². The van der Waals surface area contributed by atoms with Gasteiger partial charge in [-0.2, -0.15) is 13.2 Å². The van der Waals surface area contributed by atoms with Gasteiger partial charge in [-0.3, -0.25) is 0 Å². The molecule has 0 saturated carbocycles. The molecule has 0 aromatic heterocycles. The number of aliphatic imine (C=N–C) groups is 1. The molecule has 0 radical (unpaired) electrons. The van der Waals surface area contributed by atoms with E-state index in [0.29, 0.717) is 23.6 Å². The normalized spacial score (nSPS) is 16.8. The van der Waals surface area contributed by atoms with E-state index in [2.05, 4.69) is 35.1 Å². The Hall–Kier alpha value is -3.85. The number of carbonyl (C=O) groups is 1. The summed E-state index contributed by atoms with van der Waals surface area (Å²) in [6.07, 6.45) is 0.391. The van der Waals surface area contributed by atoms with Crippen LogP contribution in [0, 0.1) is 6.92 Å². The Bertz CT molecular complexity index is 1410. The molecule has 2 aromatic rings. The number of allylic oxidation sites excluding steroid dienone is 2. The average molecular weight is 554 g/mol. The number of halogens is 3. The number of rotatable bonds is 7. The topological polar surface area (TPSA) is 65.4 Å². The highest BCUT2D eigenvalue weighted by atomic mass is 19.4. The average Bonchev–Trinajstić information content (AvgIpc) is 2.92. The van der Waals surface area contributed by atoms with Crippen molar-refractivity contribution >= 4 is 17.5 Å². The molecular weight excluding hydrogens is 519 g/mol. The highest BCUT2D eigenvalue weighted by Crippen LogP contribution is 2.36. The quantitative estimate of drug-likeness (QED) is 0.313. The van der Waals surface area contributed by atoms with E-state index >= 15 is 0 Å². The second kappa shape index (κ2) is 12.1. The van der Waals surface area contributed by atoms with E-state index in [1.54, 1.807) is 19.9 Å². The van der Waals surface area contributed by atoms with Crippen LogP contribution in [0.5, 0.6) is 5.75 Å². The molecule has 0 unspecified atom stereocenters. The maximum atomic E-state index is 14.1. The van der Waals surface area contributed by atoms with Gasteiger partial charge in [-0.25, -0.2) is 9.79 Å². The molecule has 1 N–H and O–H groups in total. The van der Waals surface area contributed by atoms with E-state index in [1.807, 2.05) is 25.1 Å². The lowest BCUT2D eigenvalue weighted by molar-refractivity contribution is -0.134. The Morgan fingerprint density at radius 2 is 1.95 bits per heavy atom. The number of fused-ring (bicyclic) bond motifs is 1. The third kappa shape index (κ3) is 6.47. The van der Waals surface area contributed by atoms with Crippen LogP contribution in [0.3, 0.4) is 0 Å². The van der Waals surface area contributed by atoms with E-state index in [-0.39, 0.29) is 18.8 Å². The molecule has 2 heterocycles. The number of carboxylic acids is 1. The van der Waals surface area contributed by atoms with Gasteiger partial charge in [-0.15, -0.1) is 0 Å². The number of likely N-dealkylation sites (N-methyl/N-ethyl adjacent to an activating group) is 1. The fraction of sp³-hybridized carbons (Fsp3) is 0.355. The molecule has 0 fully saturated rings. The van der Waals surface area contributed by atoms with Crippen LogP contribution in [0.4, 0.5) is 13.2 Å². The predicted molar refractivity (Wildman–Crippen MR) is 150 cm³/mol. The molecular formula is C31H34F3N3O3. The highest BCUT2D eigenvalue weighted by molar-refractivity contribution is 5.95. The molecule has 2 aromatic carbocycles. The second-order valence-electron chi connectivity index (χ2n) is 10.0. The summed E-state index contributed by atoms with van der Waals surface area (Å²) in [7, 11) is 2.11. The fourth-order valence-corrected chi connectivity index (χ4v) is 5.02. The van der Waals surface area contributed by atoms with Gasteiger partial charge in [0, 0.05) is 31.6 Å². The van der Waals surface area contributed by atoms with Crippen LogP contribution in [-0.2, 0) is 24.4 Å². The smallest absolute Gasteiger partial charge is 0.432 e. The van der Waals surface area contributed by atoms with Crippen molar-refractivity contribution in [1.82, 2.24) is 9.80 Å². The lowest BCUT2D eigenvalue weighted by Gasteiger charge is -2.32. The first-order valence-electron chi connectivity index (χ1n) is 13.3. The molecule has 0 bridgehead atoms.